The Balaban J connectivity index is 3.23. The summed E-state index contributed by atoms with van der Waals surface area (Å²) in [5.41, 5.74) is 0.590. The van der Waals surface area contributed by atoms with E-state index in [1.807, 2.05) is 6.47 Å². The molecular formula is C15H29O2Si. The monoisotopic (exact) mass is 269 g/mol. The molecule has 1 saturated carbocycles. The third-order valence-electron chi connectivity index (χ3n) is 4.61. The number of hydrogen-bond acceptors (Lipinski definition) is 2. The summed E-state index contributed by atoms with van der Waals surface area (Å²) in [4.78, 5) is 11.0. The van der Waals surface area contributed by atoms with Gasteiger partial charge in [-0.2, -0.15) is 0 Å². The fourth-order valence-corrected chi connectivity index (χ4v) is 11.1. The summed E-state index contributed by atoms with van der Waals surface area (Å²) in [6, 6.07) is 0. The Hall–Kier alpha value is -0.313. The molecule has 1 aliphatic carbocycles. The second kappa shape index (κ2) is 5.36. The van der Waals surface area contributed by atoms with Crippen LogP contribution in [0.1, 0.15) is 73.6 Å². The first-order valence-corrected chi connectivity index (χ1v) is 9.20. The third kappa shape index (κ3) is 2.66. The molecule has 0 aromatic carbocycles. The number of rotatable bonds is 3. The van der Waals surface area contributed by atoms with Gasteiger partial charge >= 0.3 is 6.47 Å². The van der Waals surface area contributed by atoms with Crippen LogP contribution in [0.5, 0.6) is 0 Å². The molecule has 0 unspecified atom stereocenters. The molecule has 1 aliphatic rings. The summed E-state index contributed by atoms with van der Waals surface area (Å²) in [6.45, 7) is 15.3. The Bertz CT molecular complexity index is 266. The quantitative estimate of drug-likeness (QED) is 0.678. The maximum absolute atomic E-state index is 11.0. The van der Waals surface area contributed by atoms with Gasteiger partial charge in [-0.15, -0.1) is 0 Å². The summed E-state index contributed by atoms with van der Waals surface area (Å²) in [5, 5.41) is 0.120. The highest BCUT2D eigenvalue weighted by Crippen LogP contribution is 2.60. The van der Waals surface area contributed by atoms with Crippen molar-refractivity contribution in [3.63, 3.8) is 0 Å². The molecule has 0 atom stereocenters. The molecular weight excluding hydrogens is 240 g/mol. The Labute approximate surface area is 114 Å². The van der Waals surface area contributed by atoms with E-state index in [2.05, 4.69) is 41.5 Å². The average molecular weight is 269 g/mol. The molecule has 18 heavy (non-hydrogen) atoms. The van der Waals surface area contributed by atoms with Gasteiger partial charge in [0.1, 0.15) is 0 Å². The highest BCUT2D eigenvalue weighted by molar-refractivity contribution is 6.81. The zero-order chi connectivity index (χ0) is 14.0. The van der Waals surface area contributed by atoms with Gasteiger partial charge in [-0.25, -0.2) is 4.79 Å². The van der Waals surface area contributed by atoms with Gasteiger partial charge in [0, 0.05) is 0 Å². The van der Waals surface area contributed by atoms with E-state index in [0.717, 1.165) is 0 Å². The molecule has 0 N–H and O–H groups in total. The lowest BCUT2D eigenvalue weighted by Gasteiger charge is -2.53. The van der Waals surface area contributed by atoms with Crippen LogP contribution in [0.4, 0.5) is 0 Å². The zero-order valence-electron chi connectivity index (χ0n) is 12.9. The van der Waals surface area contributed by atoms with Crippen LogP contribution in [-0.4, -0.2) is 14.8 Å². The van der Waals surface area contributed by atoms with E-state index >= 15 is 0 Å². The average Bonchev–Trinajstić information content (AvgIpc) is 2.23. The van der Waals surface area contributed by atoms with Crippen molar-refractivity contribution in [1.82, 2.24) is 0 Å². The van der Waals surface area contributed by atoms with Gasteiger partial charge in [0.15, 0.2) is 0 Å². The maximum atomic E-state index is 11.0. The van der Waals surface area contributed by atoms with Crippen molar-refractivity contribution >= 4 is 14.8 Å². The van der Waals surface area contributed by atoms with E-state index in [1.165, 1.54) is 32.1 Å². The molecule has 0 aromatic heterocycles. The van der Waals surface area contributed by atoms with Crippen LogP contribution in [0.15, 0.2) is 0 Å². The van der Waals surface area contributed by atoms with Crippen molar-refractivity contribution in [3.8, 4) is 0 Å². The van der Waals surface area contributed by atoms with Gasteiger partial charge in [0.2, 0.25) is 0 Å². The first-order chi connectivity index (χ1) is 8.17. The standard InChI is InChI=1S/C15H29O2Si/c1-14(2,3)18(17-12-16,15(4,5)6)13-10-8-7-9-11-13/h13H,7-11H2,1-6H3. The molecule has 1 radical (unpaired) electrons. The lowest BCUT2D eigenvalue weighted by molar-refractivity contribution is 0.335. The molecule has 2 nitrogen and oxygen atoms in total. The van der Waals surface area contributed by atoms with E-state index in [9.17, 15) is 4.79 Å². The van der Waals surface area contributed by atoms with Crippen molar-refractivity contribution in [2.24, 2.45) is 0 Å². The van der Waals surface area contributed by atoms with E-state index in [0.29, 0.717) is 5.54 Å². The minimum Gasteiger partial charge on any atom is -0.510 e. The SMILES string of the molecule is CC(C)(C)[Si](O[C]=O)(C1CCCCC1)C(C)(C)C. The van der Waals surface area contributed by atoms with Crippen molar-refractivity contribution < 1.29 is 9.22 Å². The molecule has 0 bridgehead atoms. The first-order valence-electron chi connectivity index (χ1n) is 7.22. The first kappa shape index (κ1) is 15.7. The van der Waals surface area contributed by atoms with E-state index < -0.39 is 8.32 Å². The minimum absolute atomic E-state index is 0.0602. The molecule has 0 spiro atoms. The van der Waals surface area contributed by atoms with Gasteiger partial charge in [0.05, 0.1) is 0 Å². The third-order valence-corrected chi connectivity index (χ3v) is 11.2. The van der Waals surface area contributed by atoms with E-state index in [1.54, 1.807) is 0 Å². The molecule has 0 aromatic rings. The molecule has 0 saturated heterocycles. The summed E-state index contributed by atoms with van der Waals surface area (Å²) in [6.07, 6.45) is 6.35. The van der Waals surface area contributed by atoms with E-state index in [-0.39, 0.29) is 10.1 Å². The van der Waals surface area contributed by atoms with Crippen LogP contribution in [-0.2, 0) is 9.22 Å². The van der Waals surface area contributed by atoms with Crippen LogP contribution in [0.3, 0.4) is 0 Å². The normalized spacial score (nSPS) is 19.7. The molecule has 0 aliphatic heterocycles. The summed E-state index contributed by atoms with van der Waals surface area (Å²) in [7, 11) is -2.22. The highest BCUT2D eigenvalue weighted by atomic mass is 28.4. The largest absolute Gasteiger partial charge is 0.510 e. The van der Waals surface area contributed by atoms with E-state index in [4.69, 9.17) is 4.43 Å². The predicted molar refractivity (Wildman–Crippen MR) is 78.8 cm³/mol. The lowest BCUT2D eigenvalue weighted by atomic mass is 10.00. The lowest BCUT2D eigenvalue weighted by Crippen LogP contribution is -2.58. The Morgan fingerprint density at radius 2 is 1.39 bits per heavy atom. The molecule has 1 rings (SSSR count). The number of hydrogen-bond donors (Lipinski definition) is 0. The molecule has 1 fully saturated rings. The van der Waals surface area contributed by atoms with Crippen molar-refractivity contribution in [2.45, 2.75) is 89.3 Å². The summed E-state index contributed by atoms with van der Waals surface area (Å²) < 4.78 is 5.83. The van der Waals surface area contributed by atoms with Crippen LogP contribution in [0, 0.1) is 0 Å². The smallest absolute Gasteiger partial charge is 0.402 e. The zero-order valence-corrected chi connectivity index (χ0v) is 13.9. The Kier molecular flexibility index (Phi) is 4.69. The van der Waals surface area contributed by atoms with Gasteiger partial charge in [-0.3, -0.25) is 0 Å². The second-order valence-corrected chi connectivity index (χ2v) is 13.2. The summed E-state index contributed by atoms with van der Waals surface area (Å²) in [5.74, 6) is 0. The van der Waals surface area contributed by atoms with Gasteiger partial charge in [-0.1, -0.05) is 60.8 Å². The fourth-order valence-electron chi connectivity index (χ4n) is 4.31. The summed E-state index contributed by atoms with van der Waals surface area (Å²) >= 11 is 0. The second-order valence-electron chi connectivity index (χ2n) is 7.76. The molecule has 0 amide bonds. The fraction of sp³-hybridized carbons (Fsp3) is 0.933. The van der Waals surface area contributed by atoms with Crippen molar-refractivity contribution in [1.29, 1.82) is 0 Å². The minimum atomic E-state index is -2.22. The Morgan fingerprint density at radius 1 is 0.944 bits per heavy atom. The topological polar surface area (TPSA) is 26.3 Å². The predicted octanol–water partition coefficient (Wildman–Crippen LogP) is 4.95. The maximum Gasteiger partial charge on any atom is 0.402 e. The van der Waals surface area contributed by atoms with Gasteiger partial charge in [0.25, 0.3) is 8.32 Å². The van der Waals surface area contributed by atoms with Gasteiger partial charge in [-0.05, 0) is 28.5 Å². The number of carbonyl (C=O) groups excluding carboxylic acids is 1. The molecule has 0 heterocycles. The van der Waals surface area contributed by atoms with Gasteiger partial charge < -0.3 is 4.43 Å². The van der Waals surface area contributed by atoms with Crippen LogP contribution < -0.4 is 0 Å². The van der Waals surface area contributed by atoms with Crippen LogP contribution in [0.25, 0.3) is 0 Å². The molecule has 3 heteroatoms. The van der Waals surface area contributed by atoms with Crippen LogP contribution >= 0.6 is 0 Å². The highest BCUT2D eigenvalue weighted by Gasteiger charge is 2.61. The Morgan fingerprint density at radius 3 is 1.72 bits per heavy atom. The van der Waals surface area contributed by atoms with Crippen molar-refractivity contribution in [2.75, 3.05) is 0 Å². The van der Waals surface area contributed by atoms with Crippen LogP contribution in [0.2, 0.25) is 15.6 Å². The molecule has 105 valence electrons. The van der Waals surface area contributed by atoms with Crippen molar-refractivity contribution in [3.05, 3.63) is 0 Å².